The first-order valence-corrected chi connectivity index (χ1v) is 9.57. The van der Waals surface area contributed by atoms with E-state index in [0.717, 1.165) is 23.3 Å². The first-order valence-electron chi connectivity index (χ1n) is 9.57. The lowest BCUT2D eigenvalue weighted by atomic mass is 9.86. The minimum absolute atomic E-state index is 0.0116. The zero-order chi connectivity index (χ0) is 23.2. The van der Waals surface area contributed by atoms with Crippen LogP contribution < -0.4 is 29.9 Å². The third kappa shape index (κ3) is 3.71. The molecule has 0 spiro atoms. The van der Waals surface area contributed by atoms with E-state index in [9.17, 15) is 31.2 Å². The molecule has 13 heteroatoms. The fourth-order valence-electron chi connectivity index (χ4n) is 4.27. The van der Waals surface area contributed by atoms with E-state index in [0.29, 0.717) is 30.2 Å². The predicted octanol–water partition coefficient (Wildman–Crippen LogP) is 2.28. The first-order chi connectivity index (χ1) is 15.2. The normalized spacial score (nSPS) is 17.2. The lowest BCUT2D eigenvalue weighted by molar-refractivity contribution is 0.0285. The van der Waals surface area contributed by atoms with Crippen molar-refractivity contribution < 1.29 is 29.8 Å². The quantitative estimate of drug-likeness (QED) is 0.549. The van der Waals surface area contributed by atoms with Gasteiger partial charge in [-0.15, -0.1) is 5.23 Å². The van der Waals surface area contributed by atoms with E-state index in [-0.39, 0.29) is 24.0 Å². The highest BCUT2D eigenvalue weighted by atomic mass is 16.8. The van der Waals surface area contributed by atoms with Gasteiger partial charge >= 0.3 is 0 Å². The Morgan fingerprint density at radius 3 is 2.47 bits per heavy atom. The van der Waals surface area contributed by atoms with Crippen molar-refractivity contribution >= 4 is 17.1 Å². The fraction of sp³-hybridized carbons (Fsp3) is 0.368. The molecule has 0 bridgehead atoms. The molecule has 1 unspecified atom stereocenters. The molecule has 0 radical (unpaired) electrons. The van der Waals surface area contributed by atoms with Gasteiger partial charge in [0.25, 0.3) is 0 Å². The zero-order valence-corrected chi connectivity index (χ0v) is 17.2. The zero-order valence-electron chi connectivity index (χ0n) is 17.2. The van der Waals surface area contributed by atoms with E-state index in [1.807, 2.05) is 18.0 Å². The lowest BCUT2D eigenvalue weighted by Crippen LogP contribution is -2.34. The van der Waals surface area contributed by atoms with Crippen LogP contribution in [0.4, 0.5) is 17.1 Å². The number of rotatable bonds is 6. The fourth-order valence-corrected chi connectivity index (χ4v) is 4.27. The van der Waals surface area contributed by atoms with Crippen molar-refractivity contribution in [3.8, 4) is 17.2 Å². The Labute approximate surface area is 182 Å². The highest BCUT2D eigenvalue weighted by molar-refractivity contribution is 5.75. The summed E-state index contributed by atoms with van der Waals surface area (Å²) in [5, 5.41) is 61.7. The summed E-state index contributed by atoms with van der Waals surface area (Å²) in [5.74, 6) is 1.44. The number of methoxy groups -OCH3 is 1. The van der Waals surface area contributed by atoms with Crippen LogP contribution in [-0.4, -0.2) is 48.0 Å². The molecule has 2 aromatic rings. The maximum absolute atomic E-state index is 11.9. The summed E-state index contributed by atoms with van der Waals surface area (Å²) in [4.78, 5) is 1.97. The SMILES string of the molecule is COc1c2c(cc3c1C(Cc1c(N([O-])O)cc(N([O-])[O-])cc1N(O)O)N(C)CC3)OCO2. The molecule has 0 saturated heterocycles. The molecule has 3 N–H and O–H groups in total. The van der Waals surface area contributed by atoms with Crippen LogP contribution in [0.15, 0.2) is 18.2 Å². The van der Waals surface area contributed by atoms with Crippen molar-refractivity contribution in [3.05, 3.63) is 50.5 Å². The van der Waals surface area contributed by atoms with E-state index in [1.165, 1.54) is 7.11 Å². The van der Waals surface area contributed by atoms with E-state index < -0.39 is 33.6 Å². The lowest BCUT2D eigenvalue weighted by Gasteiger charge is -2.40. The average Bonchev–Trinajstić information content (AvgIpc) is 3.21. The van der Waals surface area contributed by atoms with Gasteiger partial charge in [-0.25, -0.2) is 0 Å². The molecule has 0 fully saturated rings. The van der Waals surface area contributed by atoms with Gasteiger partial charge in [-0.3, -0.25) is 20.5 Å². The number of anilines is 3. The van der Waals surface area contributed by atoms with Crippen molar-refractivity contribution in [2.24, 2.45) is 0 Å². The standard InChI is InChI=1S/C19H21N4O9/c1-20-4-3-10-5-16-18(32-9-31-16)19(30-2)17(10)15(20)8-12-13(22(26)27)6-11(21(24)25)7-14(12)23(28)29/h5-7,15,26-28H,3-4,8-9H2,1-2H3/q-3. The maximum atomic E-state index is 11.9. The number of benzene rings is 2. The Hall–Kier alpha value is -3.04. The third-order valence-corrected chi connectivity index (χ3v) is 5.76. The molecule has 32 heavy (non-hydrogen) atoms. The summed E-state index contributed by atoms with van der Waals surface area (Å²) in [5.41, 5.74) is 0.167. The molecule has 13 nitrogen and oxygen atoms in total. The Morgan fingerprint density at radius 1 is 1.12 bits per heavy atom. The van der Waals surface area contributed by atoms with Crippen molar-refractivity contribution in [1.82, 2.24) is 4.90 Å². The van der Waals surface area contributed by atoms with Crippen molar-refractivity contribution in [3.63, 3.8) is 0 Å². The summed E-state index contributed by atoms with van der Waals surface area (Å²) in [6.45, 7) is 0.672. The molecule has 1 atom stereocenters. The second kappa shape index (κ2) is 8.48. The van der Waals surface area contributed by atoms with E-state index in [2.05, 4.69) is 0 Å². The molecule has 2 aliphatic heterocycles. The molecule has 2 aromatic carbocycles. The number of hydrogen-bond acceptors (Lipinski definition) is 13. The van der Waals surface area contributed by atoms with Crippen LogP contribution in [0.2, 0.25) is 0 Å². The highest BCUT2D eigenvalue weighted by Gasteiger charge is 2.35. The van der Waals surface area contributed by atoms with Crippen molar-refractivity contribution in [2.75, 3.05) is 43.2 Å². The topological polar surface area (TPSA) is 171 Å². The van der Waals surface area contributed by atoms with E-state index in [1.54, 1.807) is 0 Å². The van der Waals surface area contributed by atoms with Gasteiger partial charge in [0.1, 0.15) is 5.69 Å². The van der Waals surface area contributed by atoms with Gasteiger partial charge in [0.2, 0.25) is 12.5 Å². The Balaban J connectivity index is 1.87. The monoisotopic (exact) mass is 449 g/mol. The second-order valence-corrected chi connectivity index (χ2v) is 7.45. The van der Waals surface area contributed by atoms with Crippen LogP contribution in [-0.2, 0) is 12.8 Å². The maximum Gasteiger partial charge on any atom is 0.231 e. The third-order valence-electron chi connectivity index (χ3n) is 5.76. The van der Waals surface area contributed by atoms with E-state index in [4.69, 9.17) is 14.2 Å². The summed E-state index contributed by atoms with van der Waals surface area (Å²) < 4.78 is 16.7. The number of nitrogens with zero attached hydrogens (tertiary/aromatic N) is 4. The molecule has 0 aromatic heterocycles. The average molecular weight is 449 g/mol. The number of fused-ring (bicyclic) bond motifs is 2. The molecule has 0 saturated carbocycles. The van der Waals surface area contributed by atoms with Crippen LogP contribution >= 0.6 is 0 Å². The minimum Gasteiger partial charge on any atom is -0.769 e. The Morgan fingerprint density at radius 2 is 1.84 bits per heavy atom. The Kier molecular flexibility index (Phi) is 5.87. The van der Waals surface area contributed by atoms with Gasteiger partial charge in [0, 0.05) is 29.4 Å². The number of ether oxygens (including phenoxy) is 3. The molecule has 2 aliphatic rings. The molecule has 0 aliphatic carbocycles. The minimum atomic E-state index is -0.810. The van der Waals surface area contributed by atoms with Gasteiger partial charge in [-0.05, 0) is 43.7 Å². The van der Waals surface area contributed by atoms with Gasteiger partial charge < -0.3 is 40.3 Å². The number of likely N-dealkylation sites (N-methyl/N-ethyl adjacent to an activating group) is 1. The van der Waals surface area contributed by atoms with Crippen LogP contribution in [0.5, 0.6) is 17.2 Å². The van der Waals surface area contributed by atoms with Crippen molar-refractivity contribution in [1.29, 1.82) is 0 Å². The van der Waals surface area contributed by atoms with Gasteiger partial charge in [-0.2, -0.15) is 0 Å². The largest absolute Gasteiger partial charge is 0.769 e. The van der Waals surface area contributed by atoms with Crippen LogP contribution in [0.25, 0.3) is 0 Å². The van der Waals surface area contributed by atoms with Crippen LogP contribution in [0.3, 0.4) is 0 Å². The molecular formula is C19H21N4O9-3. The summed E-state index contributed by atoms with van der Waals surface area (Å²) in [7, 11) is 3.33. The van der Waals surface area contributed by atoms with Gasteiger partial charge in [0.05, 0.1) is 12.8 Å². The molecule has 4 rings (SSSR count). The van der Waals surface area contributed by atoms with E-state index >= 15 is 0 Å². The summed E-state index contributed by atoms with van der Waals surface area (Å²) >= 11 is 0. The smallest absolute Gasteiger partial charge is 0.231 e. The predicted molar refractivity (Wildman–Crippen MR) is 111 cm³/mol. The second-order valence-electron chi connectivity index (χ2n) is 7.45. The number of hydrogen-bond donors (Lipinski definition) is 3. The Bertz CT molecular complexity index is 986. The van der Waals surface area contributed by atoms with Crippen LogP contribution in [0.1, 0.15) is 22.7 Å². The molecule has 0 amide bonds. The van der Waals surface area contributed by atoms with Gasteiger partial charge in [0.15, 0.2) is 11.5 Å². The van der Waals surface area contributed by atoms with Crippen LogP contribution in [0, 0.1) is 15.6 Å². The summed E-state index contributed by atoms with van der Waals surface area (Å²) in [6.07, 6.45) is 0.661. The molecule has 2 heterocycles. The molecule has 174 valence electrons. The van der Waals surface area contributed by atoms with Gasteiger partial charge in [-0.1, -0.05) is 0 Å². The highest BCUT2D eigenvalue weighted by Crippen LogP contribution is 2.50. The molecular weight excluding hydrogens is 428 g/mol. The summed E-state index contributed by atoms with van der Waals surface area (Å²) in [6, 6.07) is 3.18. The van der Waals surface area contributed by atoms with Crippen molar-refractivity contribution in [2.45, 2.75) is 18.9 Å². The first kappa shape index (κ1) is 22.2.